The summed E-state index contributed by atoms with van der Waals surface area (Å²) in [6.07, 6.45) is 3.21. The lowest BCUT2D eigenvalue weighted by molar-refractivity contribution is 0.403. The van der Waals surface area contributed by atoms with E-state index < -0.39 is 0 Å². The van der Waals surface area contributed by atoms with Crippen molar-refractivity contribution < 1.29 is 4.74 Å². The molecule has 4 heteroatoms. The van der Waals surface area contributed by atoms with Crippen LogP contribution in [0.4, 0.5) is 0 Å². The summed E-state index contributed by atoms with van der Waals surface area (Å²) in [6, 6.07) is 3.58. The fourth-order valence-corrected chi connectivity index (χ4v) is 1.26. The summed E-state index contributed by atoms with van der Waals surface area (Å²) in [6.45, 7) is 0. The lowest BCUT2D eigenvalue weighted by atomic mass is 10.2. The molecule has 1 N–H and O–H groups in total. The summed E-state index contributed by atoms with van der Waals surface area (Å²) < 4.78 is 4.98. The molecular weight excluding hydrogens is 168 g/mol. The minimum Gasteiger partial charge on any atom is -0.480 e. The van der Waals surface area contributed by atoms with E-state index >= 15 is 0 Å². The van der Waals surface area contributed by atoms with Gasteiger partial charge >= 0.3 is 0 Å². The van der Waals surface area contributed by atoms with Crippen LogP contribution in [0.15, 0.2) is 29.3 Å². The van der Waals surface area contributed by atoms with Crippen LogP contribution in [0.5, 0.6) is 5.88 Å². The first-order valence-electron chi connectivity index (χ1n) is 3.83. The third-order valence-corrected chi connectivity index (χ3v) is 1.85. The topological polar surface area (TPSA) is 55.0 Å². The molecule has 13 heavy (non-hydrogen) atoms. The zero-order valence-electron chi connectivity index (χ0n) is 7.07. The van der Waals surface area contributed by atoms with Crippen LogP contribution in [-0.4, -0.2) is 17.1 Å². The predicted molar refractivity (Wildman–Crippen MR) is 48.9 cm³/mol. The van der Waals surface area contributed by atoms with Gasteiger partial charge in [0.15, 0.2) is 0 Å². The molecule has 0 atom stereocenters. The van der Waals surface area contributed by atoms with E-state index in [4.69, 9.17) is 4.74 Å². The van der Waals surface area contributed by atoms with Crippen LogP contribution in [-0.2, 0) is 0 Å². The average Bonchev–Trinajstić information content (AvgIpc) is 2.17. The summed E-state index contributed by atoms with van der Waals surface area (Å²) in [5, 5.41) is 1.32. The highest BCUT2D eigenvalue weighted by Crippen LogP contribution is 2.17. The molecule has 2 heterocycles. The number of methoxy groups -OCH3 is 1. The predicted octanol–water partition coefficient (Wildman–Crippen LogP) is 0.932. The number of aromatic nitrogens is 2. The lowest BCUT2D eigenvalue weighted by Crippen LogP contribution is -2.06. The van der Waals surface area contributed by atoms with Crippen LogP contribution in [0, 0.1) is 0 Å². The summed E-state index contributed by atoms with van der Waals surface area (Å²) >= 11 is 0. The molecule has 0 aliphatic carbocycles. The van der Waals surface area contributed by atoms with Crippen molar-refractivity contribution in [3.05, 3.63) is 34.9 Å². The molecule has 0 saturated carbocycles. The van der Waals surface area contributed by atoms with Crippen molar-refractivity contribution in [2.75, 3.05) is 7.11 Å². The Morgan fingerprint density at radius 1 is 1.46 bits per heavy atom. The van der Waals surface area contributed by atoms with E-state index in [0.29, 0.717) is 11.3 Å². The normalized spacial score (nSPS) is 10.2. The average molecular weight is 176 g/mol. The van der Waals surface area contributed by atoms with Crippen LogP contribution < -0.4 is 10.3 Å². The Bertz CT molecular complexity index is 485. The molecule has 0 radical (unpaired) electrons. The summed E-state index contributed by atoms with van der Waals surface area (Å²) in [5.41, 5.74) is -0.178. The Balaban J connectivity index is 2.95. The zero-order chi connectivity index (χ0) is 9.26. The highest BCUT2D eigenvalue weighted by atomic mass is 16.5. The van der Waals surface area contributed by atoms with Gasteiger partial charge < -0.3 is 9.72 Å². The van der Waals surface area contributed by atoms with Gasteiger partial charge in [0, 0.05) is 12.4 Å². The van der Waals surface area contributed by atoms with Crippen LogP contribution in [0.3, 0.4) is 0 Å². The van der Waals surface area contributed by atoms with Gasteiger partial charge in [0.1, 0.15) is 5.39 Å². The van der Waals surface area contributed by atoms with Crippen molar-refractivity contribution in [1.29, 1.82) is 0 Å². The van der Waals surface area contributed by atoms with Gasteiger partial charge in [0.25, 0.3) is 5.56 Å². The Kier molecular flexibility index (Phi) is 1.73. The monoisotopic (exact) mass is 176 g/mol. The number of aromatic amines is 1. The molecule has 0 bridgehead atoms. The number of rotatable bonds is 1. The van der Waals surface area contributed by atoms with Crippen molar-refractivity contribution in [2.24, 2.45) is 0 Å². The van der Waals surface area contributed by atoms with E-state index in [9.17, 15) is 4.79 Å². The quantitative estimate of drug-likeness (QED) is 0.703. The molecule has 0 fully saturated rings. The zero-order valence-corrected chi connectivity index (χ0v) is 7.07. The number of nitrogens with one attached hydrogen (secondary N) is 1. The molecule has 66 valence electrons. The van der Waals surface area contributed by atoms with Gasteiger partial charge in [-0.15, -0.1) is 0 Å². The first kappa shape index (κ1) is 7.79. The van der Waals surface area contributed by atoms with Crippen LogP contribution in [0.1, 0.15) is 0 Å². The largest absolute Gasteiger partial charge is 0.480 e. The molecular formula is C9H8N2O2. The van der Waals surface area contributed by atoms with Gasteiger partial charge in [-0.05, 0) is 17.5 Å². The highest BCUT2D eigenvalue weighted by Gasteiger charge is 2.04. The van der Waals surface area contributed by atoms with E-state index in [0.717, 1.165) is 5.39 Å². The molecule has 0 saturated heterocycles. The van der Waals surface area contributed by atoms with Gasteiger partial charge in [0.2, 0.25) is 5.88 Å². The van der Waals surface area contributed by atoms with Crippen LogP contribution in [0.2, 0.25) is 0 Å². The summed E-state index contributed by atoms with van der Waals surface area (Å²) in [5.74, 6) is 0.361. The maximum absolute atomic E-state index is 11.4. The van der Waals surface area contributed by atoms with Crippen molar-refractivity contribution >= 4 is 10.8 Å². The second-order valence-corrected chi connectivity index (χ2v) is 2.59. The van der Waals surface area contributed by atoms with Gasteiger partial charge in [-0.1, -0.05) is 0 Å². The number of fused-ring (bicyclic) bond motifs is 1. The van der Waals surface area contributed by atoms with E-state index in [1.54, 1.807) is 24.5 Å². The second-order valence-electron chi connectivity index (χ2n) is 2.59. The molecule has 0 amide bonds. The molecule has 0 spiro atoms. The lowest BCUT2D eigenvalue weighted by Gasteiger charge is -2.01. The molecule has 2 aromatic rings. The maximum atomic E-state index is 11.4. The number of pyridine rings is 2. The number of hydrogen-bond donors (Lipinski definition) is 1. The molecule has 2 aromatic heterocycles. The molecule has 0 aliphatic heterocycles. The standard InChI is InChI=1S/C9H8N2O2/c1-13-9-7-6(3-5-11-9)2-4-10-8(7)12/h2-5H,1H3,(H,10,12). The van der Waals surface area contributed by atoms with Gasteiger partial charge in [-0.25, -0.2) is 4.98 Å². The number of H-pyrrole nitrogens is 1. The Morgan fingerprint density at radius 2 is 2.31 bits per heavy atom. The molecule has 0 aliphatic rings. The minimum atomic E-state index is -0.178. The smallest absolute Gasteiger partial charge is 0.261 e. The SMILES string of the molecule is COc1nccc2cc[nH]c(=O)c12. The third-order valence-electron chi connectivity index (χ3n) is 1.85. The second kappa shape index (κ2) is 2.90. The molecule has 2 rings (SSSR count). The van der Waals surface area contributed by atoms with Crippen LogP contribution >= 0.6 is 0 Å². The summed E-state index contributed by atoms with van der Waals surface area (Å²) in [4.78, 5) is 17.9. The van der Waals surface area contributed by atoms with Crippen LogP contribution in [0.25, 0.3) is 10.8 Å². The number of hydrogen-bond acceptors (Lipinski definition) is 3. The van der Waals surface area contributed by atoms with Gasteiger partial charge in [-0.3, -0.25) is 4.79 Å². The van der Waals surface area contributed by atoms with Crippen molar-refractivity contribution in [3.8, 4) is 5.88 Å². The first-order valence-corrected chi connectivity index (χ1v) is 3.83. The summed E-state index contributed by atoms with van der Waals surface area (Å²) in [7, 11) is 1.49. The maximum Gasteiger partial charge on any atom is 0.261 e. The van der Waals surface area contributed by atoms with E-state index in [2.05, 4.69) is 9.97 Å². The number of nitrogens with zero attached hydrogens (tertiary/aromatic N) is 1. The first-order chi connectivity index (χ1) is 6.33. The number of ether oxygens (including phenoxy) is 1. The Hall–Kier alpha value is -1.84. The molecule has 0 unspecified atom stereocenters. The third kappa shape index (κ3) is 1.16. The van der Waals surface area contributed by atoms with Gasteiger partial charge in [-0.2, -0.15) is 0 Å². The van der Waals surface area contributed by atoms with E-state index in [1.165, 1.54) is 7.11 Å². The highest BCUT2D eigenvalue weighted by molar-refractivity contribution is 5.85. The van der Waals surface area contributed by atoms with Crippen molar-refractivity contribution in [1.82, 2.24) is 9.97 Å². The fraction of sp³-hybridized carbons (Fsp3) is 0.111. The Labute approximate surface area is 74.2 Å². The Morgan fingerprint density at radius 3 is 3.08 bits per heavy atom. The van der Waals surface area contributed by atoms with E-state index in [1.807, 2.05) is 0 Å². The van der Waals surface area contributed by atoms with E-state index in [-0.39, 0.29) is 5.56 Å². The van der Waals surface area contributed by atoms with Gasteiger partial charge in [0.05, 0.1) is 7.11 Å². The van der Waals surface area contributed by atoms with Crippen molar-refractivity contribution in [2.45, 2.75) is 0 Å². The fourth-order valence-electron chi connectivity index (χ4n) is 1.26. The van der Waals surface area contributed by atoms with Crippen molar-refractivity contribution in [3.63, 3.8) is 0 Å². The molecule has 0 aromatic carbocycles. The molecule has 4 nitrogen and oxygen atoms in total. The minimum absolute atomic E-state index is 0.178.